The second-order valence-electron chi connectivity index (χ2n) is 6.43. The van der Waals surface area contributed by atoms with Crippen molar-refractivity contribution >= 4 is 28.6 Å². The normalized spacial score (nSPS) is 17.0. The Balaban J connectivity index is 1.60. The number of nitrogens with one attached hydrogen (secondary N) is 2. The Labute approximate surface area is 169 Å². The van der Waals surface area contributed by atoms with E-state index < -0.39 is 0 Å². The average Bonchev–Trinajstić information content (AvgIpc) is 3.35. The summed E-state index contributed by atoms with van der Waals surface area (Å²) in [6, 6.07) is 4.65. The molecule has 2 aromatic heterocycles. The third kappa shape index (κ3) is 6.27. The van der Waals surface area contributed by atoms with Crippen LogP contribution in [0.3, 0.4) is 0 Å². The van der Waals surface area contributed by atoms with Crippen molar-refractivity contribution in [3.63, 3.8) is 0 Å². The summed E-state index contributed by atoms with van der Waals surface area (Å²) in [4.78, 5) is 13.3. The minimum absolute atomic E-state index is 0.311. The number of morpholine rings is 1. The first-order valence-electron chi connectivity index (χ1n) is 9.54. The Hall–Kier alpha value is -1.48. The summed E-state index contributed by atoms with van der Waals surface area (Å²) in [7, 11) is 0. The smallest absolute Gasteiger partial charge is 0.191 e. The van der Waals surface area contributed by atoms with Gasteiger partial charge in [-0.3, -0.25) is 9.89 Å². The van der Waals surface area contributed by atoms with Crippen LogP contribution in [0.2, 0.25) is 0 Å². The number of hydrogen-bond acceptors (Lipinski definition) is 6. The number of thiazole rings is 1. The number of rotatable bonds is 8. The van der Waals surface area contributed by atoms with Crippen LogP contribution in [0.1, 0.15) is 28.5 Å². The summed E-state index contributed by atoms with van der Waals surface area (Å²) in [6.45, 7) is 10.1. The highest BCUT2D eigenvalue weighted by molar-refractivity contribution is 7.10. The van der Waals surface area contributed by atoms with Gasteiger partial charge in [0.15, 0.2) is 5.96 Å². The molecular weight excluding hydrogens is 378 g/mol. The molecule has 0 aliphatic carbocycles. The van der Waals surface area contributed by atoms with E-state index >= 15 is 0 Å². The van der Waals surface area contributed by atoms with E-state index in [4.69, 9.17) is 9.73 Å². The van der Waals surface area contributed by atoms with Crippen LogP contribution in [0.5, 0.6) is 0 Å². The monoisotopic (exact) mass is 407 g/mol. The fourth-order valence-electron chi connectivity index (χ4n) is 3.11. The van der Waals surface area contributed by atoms with Crippen LogP contribution in [0.4, 0.5) is 0 Å². The maximum absolute atomic E-state index is 5.52. The molecule has 1 saturated heterocycles. The molecule has 1 fully saturated rings. The lowest BCUT2D eigenvalue weighted by Crippen LogP contribution is -2.42. The molecule has 0 saturated carbocycles. The standard InChI is InChI=1S/C19H29N5OS2/c1-3-20-19(21-7-6-16-14-27-15(2)23-16)22-13-17(18-5-4-12-26-18)24-8-10-25-11-9-24/h4-5,12,14,17H,3,6-11,13H2,1-2H3,(H2,20,21,22). The number of guanidine groups is 1. The van der Waals surface area contributed by atoms with Crippen LogP contribution in [-0.2, 0) is 11.2 Å². The molecule has 3 rings (SSSR count). The maximum Gasteiger partial charge on any atom is 0.191 e. The van der Waals surface area contributed by atoms with E-state index in [0.29, 0.717) is 6.04 Å². The topological polar surface area (TPSA) is 61.8 Å². The molecule has 0 aromatic carbocycles. The number of aromatic nitrogens is 1. The molecule has 0 bridgehead atoms. The minimum Gasteiger partial charge on any atom is -0.379 e. The van der Waals surface area contributed by atoms with E-state index in [1.165, 1.54) is 4.88 Å². The Bertz CT molecular complexity index is 695. The van der Waals surface area contributed by atoms with Gasteiger partial charge in [-0.05, 0) is 25.3 Å². The zero-order valence-corrected chi connectivity index (χ0v) is 17.7. The van der Waals surface area contributed by atoms with Gasteiger partial charge in [0.25, 0.3) is 0 Å². The summed E-state index contributed by atoms with van der Waals surface area (Å²) in [6.07, 6.45) is 0.909. The number of thiophene rings is 1. The third-order valence-corrected chi connectivity index (χ3v) is 6.26. The molecular formula is C19H29N5OS2. The number of aryl methyl sites for hydroxylation is 1. The van der Waals surface area contributed by atoms with Gasteiger partial charge in [-0.1, -0.05) is 6.07 Å². The fourth-order valence-corrected chi connectivity index (χ4v) is 4.61. The maximum atomic E-state index is 5.52. The van der Waals surface area contributed by atoms with E-state index in [0.717, 1.165) is 69.0 Å². The SMILES string of the molecule is CCNC(=NCC(c1cccs1)N1CCOCC1)NCCc1csc(C)n1. The van der Waals surface area contributed by atoms with Gasteiger partial charge in [0, 0.05) is 42.9 Å². The van der Waals surface area contributed by atoms with Gasteiger partial charge < -0.3 is 15.4 Å². The van der Waals surface area contributed by atoms with Crippen LogP contribution < -0.4 is 10.6 Å². The van der Waals surface area contributed by atoms with Gasteiger partial charge in [-0.2, -0.15) is 0 Å². The highest BCUT2D eigenvalue weighted by Gasteiger charge is 2.23. The van der Waals surface area contributed by atoms with Crippen molar-refractivity contribution in [3.8, 4) is 0 Å². The van der Waals surface area contributed by atoms with Crippen LogP contribution >= 0.6 is 22.7 Å². The van der Waals surface area contributed by atoms with Crippen molar-refractivity contribution in [1.29, 1.82) is 0 Å². The van der Waals surface area contributed by atoms with Crippen molar-refractivity contribution in [2.24, 2.45) is 4.99 Å². The van der Waals surface area contributed by atoms with Gasteiger partial charge >= 0.3 is 0 Å². The highest BCUT2D eigenvalue weighted by atomic mass is 32.1. The lowest BCUT2D eigenvalue weighted by molar-refractivity contribution is 0.0186. The highest BCUT2D eigenvalue weighted by Crippen LogP contribution is 2.26. The Morgan fingerprint density at radius 2 is 2.19 bits per heavy atom. The predicted octanol–water partition coefficient (Wildman–Crippen LogP) is 2.68. The average molecular weight is 408 g/mol. The quantitative estimate of drug-likeness (QED) is 0.520. The number of aliphatic imine (C=N–C) groups is 1. The molecule has 1 unspecified atom stereocenters. The van der Waals surface area contributed by atoms with Crippen molar-refractivity contribution in [2.45, 2.75) is 26.3 Å². The molecule has 148 valence electrons. The summed E-state index contributed by atoms with van der Waals surface area (Å²) in [5.41, 5.74) is 1.14. The van der Waals surface area contributed by atoms with Crippen molar-refractivity contribution in [2.75, 3.05) is 45.9 Å². The lowest BCUT2D eigenvalue weighted by atomic mass is 10.2. The van der Waals surface area contributed by atoms with E-state index in [1.54, 1.807) is 11.3 Å². The minimum atomic E-state index is 0.311. The molecule has 1 atom stereocenters. The van der Waals surface area contributed by atoms with Crippen LogP contribution in [-0.4, -0.2) is 61.8 Å². The van der Waals surface area contributed by atoms with Gasteiger partial charge in [0.05, 0.1) is 36.5 Å². The van der Waals surface area contributed by atoms with E-state index in [-0.39, 0.29) is 0 Å². The van der Waals surface area contributed by atoms with Gasteiger partial charge in [0.1, 0.15) is 0 Å². The number of nitrogens with zero attached hydrogens (tertiary/aromatic N) is 3. The number of hydrogen-bond donors (Lipinski definition) is 2. The Morgan fingerprint density at radius 3 is 2.85 bits per heavy atom. The van der Waals surface area contributed by atoms with Gasteiger partial charge in [-0.15, -0.1) is 22.7 Å². The van der Waals surface area contributed by atoms with E-state index in [9.17, 15) is 0 Å². The summed E-state index contributed by atoms with van der Waals surface area (Å²) in [5.74, 6) is 0.874. The summed E-state index contributed by atoms with van der Waals surface area (Å²) in [5, 5.41) is 12.2. The molecule has 6 nitrogen and oxygen atoms in total. The molecule has 0 amide bonds. The summed E-state index contributed by atoms with van der Waals surface area (Å²) < 4.78 is 5.52. The molecule has 1 aliphatic heterocycles. The Morgan fingerprint density at radius 1 is 1.33 bits per heavy atom. The fraction of sp³-hybridized carbons (Fsp3) is 0.579. The summed E-state index contributed by atoms with van der Waals surface area (Å²) >= 11 is 3.51. The first kappa shape index (κ1) is 20.3. The van der Waals surface area contributed by atoms with Crippen LogP contribution in [0.15, 0.2) is 27.9 Å². The Kier molecular flexibility index (Phi) is 8.07. The lowest BCUT2D eigenvalue weighted by Gasteiger charge is -2.33. The first-order valence-corrected chi connectivity index (χ1v) is 11.3. The molecule has 0 radical (unpaired) electrons. The van der Waals surface area contributed by atoms with E-state index in [1.807, 2.05) is 18.3 Å². The molecule has 0 spiro atoms. The molecule has 1 aliphatic rings. The molecule has 3 heterocycles. The third-order valence-electron chi connectivity index (χ3n) is 4.46. The van der Waals surface area contributed by atoms with E-state index in [2.05, 4.69) is 50.3 Å². The molecule has 27 heavy (non-hydrogen) atoms. The largest absolute Gasteiger partial charge is 0.379 e. The van der Waals surface area contributed by atoms with Gasteiger partial charge in [-0.25, -0.2) is 4.98 Å². The molecule has 8 heteroatoms. The van der Waals surface area contributed by atoms with Crippen molar-refractivity contribution in [3.05, 3.63) is 38.5 Å². The molecule has 2 aromatic rings. The second-order valence-corrected chi connectivity index (χ2v) is 8.48. The van der Waals surface area contributed by atoms with Crippen LogP contribution in [0.25, 0.3) is 0 Å². The van der Waals surface area contributed by atoms with Crippen LogP contribution in [0, 0.1) is 6.92 Å². The van der Waals surface area contributed by atoms with Crippen molar-refractivity contribution in [1.82, 2.24) is 20.5 Å². The zero-order chi connectivity index (χ0) is 18.9. The zero-order valence-electron chi connectivity index (χ0n) is 16.1. The van der Waals surface area contributed by atoms with Crippen molar-refractivity contribution < 1.29 is 4.74 Å². The second kappa shape index (κ2) is 10.8. The first-order chi connectivity index (χ1) is 13.3. The van der Waals surface area contributed by atoms with Gasteiger partial charge in [0.2, 0.25) is 0 Å². The number of ether oxygens (including phenoxy) is 1. The predicted molar refractivity (Wildman–Crippen MR) is 114 cm³/mol. The molecule has 2 N–H and O–H groups in total.